The molecule has 0 saturated carbocycles. The molecule has 9 heteroatoms. The van der Waals surface area contributed by atoms with E-state index in [1.165, 1.54) is 26.1 Å². The summed E-state index contributed by atoms with van der Waals surface area (Å²) in [6.45, 7) is 18.0. The molecule has 0 aliphatic rings. The average molecular weight is 577 g/mol. The maximum Gasteiger partial charge on any atom is 0.331 e. The SMILES string of the molecule is C=CC(CC)(CCCCOCCCCC(CC)(CC)CCCn1c(O)cn(CC)c1=O)Cn1c(O)cn(CC)c1=O. The number of aromatic hydroxyl groups is 2. The number of allylic oxidation sites excluding steroid dienone is 1. The lowest BCUT2D eigenvalue weighted by molar-refractivity contribution is 0.116. The van der Waals surface area contributed by atoms with Gasteiger partial charge in [0.15, 0.2) is 0 Å². The Balaban J connectivity index is 1.70. The summed E-state index contributed by atoms with van der Waals surface area (Å²) in [5.74, 6) is 0.0652. The van der Waals surface area contributed by atoms with E-state index in [1.54, 1.807) is 4.57 Å². The summed E-state index contributed by atoms with van der Waals surface area (Å²) in [7, 11) is 0. The van der Waals surface area contributed by atoms with Gasteiger partial charge in [0.1, 0.15) is 0 Å². The molecular weight excluding hydrogens is 520 g/mol. The van der Waals surface area contributed by atoms with Crippen molar-refractivity contribution in [2.45, 2.75) is 131 Å². The van der Waals surface area contributed by atoms with E-state index in [2.05, 4.69) is 27.4 Å². The van der Waals surface area contributed by atoms with Crippen LogP contribution in [0.15, 0.2) is 34.6 Å². The van der Waals surface area contributed by atoms with Gasteiger partial charge in [-0.1, -0.05) is 52.5 Å². The first-order valence-electron chi connectivity index (χ1n) is 15.8. The standard InChI is InChI=1S/C32H56N4O5/c1-7-31(8-2,20-17-21-35-27(37)24-33(11-5)29(35)39)18-13-15-22-41-23-16-14-19-32(9-3,10-4)26-36-28(38)25-34(12-6)30(36)40/h9,24-25,37-38H,3,7-8,10-23,26H2,1-2,4-6H3. The Labute approximate surface area is 246 Å². The summed E-state index contributed by atoms with van der Waals surface area (Å²) in [6, 6.07) is 0. The number of hydrogen-bond acceptors (Lipinski definition) is 5. The molecule has 2 rings (SSSR count). The molecule has 2 N–H and O–H groups in total. The van der Waals surface area contributed by atoms with Crippen molar-refractivity contribution in [2.24, 2.45) is 10.8 Å². The molecule has 0 aromatic carbocycles. The lowest BCUT2D eigenvalue weighted by atomic mass is 9.74. The second-order valence-corrected chi connectivity index (χ2v) is 11.6. The summed E-state index contributed by atoms with van der Waals surface area (Å²) >= 11 is 0. The Morgan fingerprint density at radius 1 is 0.756 bits per heavy atom. The van der Waals surface area contributed by atoms with E-state index in [0.29, 0.717) is 26.2 Å². The fraction of sp³-hybridized carbons (Fsp3) is 0.750. The van der Waals surface area contributed by atoms with E-state index in [4.69, 9.17) is 4.74 Å². The van der Waals surface area contributed by atoms with Crippen molar-refractivity contribution >= 4 is 0 Å². The van der Waals surface area contributed by atoms with Gasteiger partial charge in [0, 0.05) is 44.8 Å². The van der Waals surface area contributed by atoms with Crippen molar-refractivity contribution in [1.29, 1.82) is 0 Å². The Bertz CT molecular complexity index is 1170. The van der Waals surface area contributed by atoms with Gasteiger partial charge in [0.2, 0.25) is 11.8 Å². The molecule has 0 fully saturated rings. The molecule has 0 amide bonds. The number of rotatable bonds is 22. The van der Waals surface area contributed by atoms with Gasteiger partial charge < -0.3 is 14.9 Å². The van der Waals surface area contributed by atoms with E-state index in [0.717, 1.165) is 83.8 Å². The second kappa shape index (κ2) is 16.7. The van der Waals surface area contributed by atoms with Crippen molar-refractivity contribution in [1.82, 2.24) is 18.3 Å². The normalized spacial score (nSPS) is 13.5. The predicted molar refractivity (Wildman–Crippen MR) is 166 cm³/mol. The third-order valence-corrected chi connectivity index (χ3v) is 9.39. The molecule has 234 valence electrons. The van der Waals surface area contributed by atoms with Crippen molar-refractivity contribution in [3.63, 3.8) is 0 Å². The third-order valence-electron chi connectivity index (χ3n) is 9.39. The fourth-order valence-electron chi connectivity index (χ4n) is 6.02. The monoisotopic (exact) mass is 576 g/mol. The number of imidazole rings is 2. The van der Waals surface area contributed by atoms with E-state index in [9.17, 15) is 19.8 Å². The van der Waals surface area contributed by atoms with Crippen LogP contribution in [0.1, 0.15) is 105 Å². The lowest BCUT2D eigenvalue weighted by Gasteiger charge is -2.32. The molecule has 0 aliphatic heterocycles. The maximum absolute atomic E-state index is 12.6. The zero-order chi connectivity index (χ0) is 30.5. The van der Waals surface area contributed by atoms with Crippen molar-refractivity contribution in [3.05, 3.63) is 46.0 Å². The Kier molecular flexibility index (Phi) is 14.0. The molecule has 0 saturated heterocycles. The van der Waals surface area contributed by atoms with Crippen molar-refractivity contribution in [2.75, 3.05) is 13.2 Å². The highest BCUT2D eigenvalue weighted by Gasteiger charge is 2.28. The molecular formula is C32H56N4O5. The molecule has 9 nitrogen and oxygen atoms in total. The maximum atomic E-state index is 12.6. The minimum atomic E-state index is -0.239. The van der Waals surface area contributed by atoms with Crippen LogP contribution >= 0.6 is 0 Å². The molecule has 0 radical (unpaired) electrons. The molecule has 41 heavy (non-hydrogen) atoms. The smallest absolute Gasteiger partial charge is 0.331 e. The zero-order valence-corrected chi connectivity index (χ0v) is 26.4. The summed E-state index contributed by atoms with van der Waals surface area (Å²) in [4.78, 5) is 24.9. The van der Waals surface area contributed by atoms with Crippen LogP contribution in [0.5, 0.6) is 11.8 Å². The number of hydrogen-bond donors (Lipinski definition) is 2. The fourth-order valence-corrected chi connectivity index (χ4v) is 6.02. The van der Waals surface area contributed by atoms with Crippen LogP contribution in [0.3, 0.4) is 0 Å². The van der Waals surface area contributed by atoms with E-state index >= 15 is 0 Å². The summed E-state index contributed by atoms with van der Waals surface area (Å²) in [6.07, 6.45) is 16.1. The van der Waals surface area contributed by atoms with Crippen LogP contribution in [0.2, 0.25) is 0 Å². The van der Waals surface area contributed by atoms with Gasteiger partial charge in [-0.2, -0.15) is 0 Å². The quantitative estimate of drug-likeness (QED) is 0.127. The molecule has 1 unspecified atom stereocenters. The molecule has 2 aromatic rings. The molecule has 0 spiro atoms. The topological polar surface area (TPSA) is 104 Å². The highest BCUT2D eigenvalue weighted by atomic mass is 16.5. The zero-order valence-electron chi connectivity index (χ0n) is 26.4. The van der Waals surface area contributed by atoms with Gasteiger partial charge in [0.05, 0.1) is 12.4 Å². The molecule has 0 bridgehead atoms. The number of unbranched alkanes of at least 4 members (excludes halogenated alkanes) is 2. The first-order valence-corrected chi connectivity index (χ1v) is 15.8. The largest absolute Gasteiger partial charge is 0.493 e. The minimum absolute atomic E-state index is 0.0106. The molecule has 2 aromatic heterocycles. The lowest BCUT2D eigenvalue weighted by Crippen LogP contribution is -2.31. The van der Waals surface area contributed by atoms with Crippen LogP contribution in [0.4, 0.5) is 0 Å². The number of aromatic nitrogens is 4. The highest BCUT2D eigenvalue weighted by molar-refractivity contribution is 5.08. The van der Waals surface area contributed by atoms with Gasteiger partial charge in [-0.05, 0) is 64.2 Å². The minimum Gasteiger partial charge on any atom is -0.493 e. The number of ether oxygens (including phenoxy) is 1. The van der Waals surface area contributed by atoms with E-state index in [-0.39, 0.29) is 34.0 Å². The van der Waals surface area contributed by atoms with Crippen LogP contribution < -0.4 is 11.4 Å². The molecule has 1 atom stereocenters. The first-order chi connectivity index (χ1) is 19.6. The second-order valence-electron chi connectivity index (χ2n) is 11.6. The third kappa shape index (κ3) is 9.15. The number of aryl methyl sites for hydroxylation is 2. The summed E-state index contributed by atoms with van der Waals surface area (Å²) < 4.78 is 12.0. The van der Waals surface area contributed by atoms with E-state index < -0.39 is 0 Å². The molecule has 0 aliphatic carbocycles. The predicted octanol–water partition coefficient (Wildman–Crippen LogP) is 6.29. The van der Waals surface area contributed by atoms with Gasteiger partial charge >= 0.3 is 11.4 Å². The van der Waals surface area contributed by atoms with E-state index in [1.807, 2.05) is 19.9 Å². The average Bonchev–Trinajstić information content (AvgIpc) is 3.42. The number of nitrogens with zero attached hydrogens (tertiary/aromatic N) is 4. The van der Waals surface area contributed by atoms with Crippen LogP contribution in [0.25, 0.3) is 0 Å². The van der Waals surface area contributed by atoms with Gasteiger partial charge in [-0.25, -0.2) is 9.59 Å². The van der Waals surface area contributed by atoms with Gasteiger partial charge in [0.25, 0.3) is 0 Å². The van der Waals surface area contributed by atoms with Crippen LogP contribution in [-0.2, 0) is 30.9 Å². The summed E-state index contributed by atoms with van der Waals surface area (Å²) in [5, 5.41) is 20.4. The van der Waals surface area contributed by atoms with Crippen LogP contribution in [-0.4, -0.2) is 41.7 Å². The van der Waals surface area contributed by atoms with Crippen LogP contribution in [0, 0.1) is 10.8 Å². The van der Waals surface area contributed by atoms with Gasteiger partial charge in [-0.3, -0.25) is 18.3 Å². The Hall–Kier alpha value is -2.68. The summed E-state index contributed by atoms with van der Waals surface area (Å²) in [5.41, 5.74) is -0.288. The molecule has 2 heterocycles. The van der Waals surface area contributed by atoms with Crippen molar-refractivity contribution in [3.8, 4) is 11.8 Å². The Morgan fingerprint density at radius 2 is 1.27 bits per heavy atom. The first kappa shape index (κ1) is 34.5. The van der Waals surface area contributed by atoms with Crippen molar-refractivity contribution < 1.29 is 14.9 Å². The van der Waals surface area contributed by atoms with Gasteiger partial charge in [-0.15, -0.1) is 6.58 Å². The highest BCUT2D eigenvalue weighted by Crippen LogP contribution is 2.38. The Morgan fingerprint density at radius 3 is 1.76 bits per heavy atom.